The maximum absolute atomic E-state index is 13.8. The first kappa shape index (κ1) is 25.4. The fourth-order valence-electron chi connectivity index (χ4n) is 4.42. The number of hydrogen-bond donors (Lipinski definition) is 0. The molecule has 194 valence electrons. The lowest BCUT2D eigenvalue weighted by Gasteiger charge is -2.23. The molecular formula is C29H26N2O6S. The number of fused-ring (bicyclic) bond motifs is 2. The topological polar surface area (TPSA) is 98.9 Å². The second-order valence-corrected chi connectivity index (χ2v) is 9.80. The highest BCUT2D eigenvalue weighted by molar-refractivity contribution is 7.17. The minimum absolute atomic E-state index is 0.0420. The molecule has 5 rings (SSSR count). The molecule has 9 heteroatoms. The summed E-state index contributed by atoms with van der Waals surface area (Å²) in [6.45, 7) is 7.93. The molecule has 1 amide bonds. The van der Waals surface area contributed by atoms with Gasteiger partial charge in [0.1, 0.15) is 22.8 Å². The van der Waals surface area contributed by atoms with Crippen molar-refractivity contribution >= 4 is 39.3 Å². The van der Waals surface area contributed by atoms with Gasteiger partial charge < -0.3 is 13.9 Å². The zero-order chi connectivity index (χ0) is 26.8. The van der Waals surface area contributed by atoms with E-state index >= 15 is 0 Å². The fraction of sp³-hybridized carbons (Fsp3) is 0.241. The number of aryl methyl sites for hydroxylation is 1. The first-order valence-electron chi connectivity index (χ1n) is 12.3. The number of aromatic nitrogens is 1. The smallest absolute Gasteiger partial charge is 0.350 e. The first-order valence-corrected chi connectivity index (χ1v) is 13.1. The highest BCUT2D eigenvalue weighted by Crippen LogP contribution is 2.43. The van der Waals surface area contributed by atoms with E-state index in [1.807, 2.05) is 24.3 Å². The summed E-state index contributed by atoms with van der Waals surface area (Å²) in [7, 11) is 0. The number of rotatable bonds is 9. The van der Waals surface area contributed by atoms with Gasteiger partial charge in [-0.25, -0.2) is 9.78 Å². The molecule has 3 heterocycles. The van der Waals surface area contributed by atoms with Crippen LogP contribution in [0.4, 0.5) is 5.13 Å². The van der Waals surface area contributed by atoms with Crippen molar-refractivity contribution in [2.75, 3.05) is 18.1 Å². The summed E-state index contributed by atoms with van der Waals surface area (Å²) >= 11 is 1.03. The Morgan fingerprint density at radius 3 is 2.82 bits per heavy atom. The van der Waals surface area contributed by atoms with Crippen molar-refractivity contribution in [3.05, 3.63) is 98.9 Å². The van der Waals surface area contributed by atoms with Crippen LogP contribution in [0, 0.1) is 6.92 Å². The molecule has 0 N–H and O–H groups in total. The third-order valence-electron chi connectivity index (χ3n) is 6.23. The van der Waals surface area contributed by atoms with E-state index in [-0.39, 0.29) is 33.4 Å². The molecule has 0 aliphatic carbocycles. The Morgan fingerprint density at radius 1 is 1.21 bits per heavy atom. The number of para-hydroxylation sites is 1. The molecular weight excluding hydrogens is 504 g/mol. The van der Waals surface area contributed by atoms with Gasteiger partial charge in [-0.1, -0.05) is 61.6 Å². The van der Waals surface area contributed by atoms with E-state index in [0.29, 0.717) is 34.6 Å². The average molecular weight is 531 g/mol. The van der Waals surface area contributed by atoms with Crippen LogP contribution in [0.25, 0.3) is 11.0 Å². The van der Waals surface area contributed by atoms with Crippen molar-refractivity contribution in [2.45, 2.75) is 32.7 Å². The number of ether oxygens (including phenoxy) is 2. The van der Waals surface area contributed by atoms with E-state index in [0.717, 1.165) is 24.2 Å². The lowest BCUT2D eigenvalue weighted by Crippen LogP contribution is -2.29. The van der Waals surface area contributed by atoms with Gasteiger partial charge in [0, 0.05) is 0 Å². The third-order valence-corrected chi connectivity index (χ3v) is 7.36. The van der Waals surface area contributed by atoms with Gasteiger partial charge in [0.05, 0.1) is 29.3 Å². The van der Waals surface area contributed by atoms with Gasteiger partial charge >= 0.3 is 5.97 Å². The molecule has 0 fully saturated rings. The molecule has 0 unspecified atom stereocenters. The van der Waals surface area contributed by atoms with Crippen molar-refractivity contribution in [1.29, 1.82) is 0 Å². The Morgan fingerprint density at radius 2 is 2.03 bits per heavy atom. The summed E-state index contributed by atoms with van der Waals surface area (Å²) in [6.07, 6.45) is 3.37. The van der Waals surface area contributed by atoms with E-state index in [9.17, 15) is 14.4 Å². The monoisotopic (exact) mass is 530 g/mol. The molecule has 0 bridgehead atoms. The van der Waals surface area contributed by atoms with Gasteiger partial charge in [-0.15, -0.1) is 0 Å². The van der Waals surface area contributed by atoms with Crippen LogP contribution in [0.2, 0.25) is 0 Å². The maximum Gasteiger partial charge on any atom is 0.350 e. The Balaban J connectivity index is 1.66. The lowest BCUT2D eigenvalue weighted by molar-refractivity contribution is 0.0554. The van der Waals surface area contributed by atoms with Crippen LogP contribution in [-0.4, -0.2) is 30.1 Å². The summed E-state index contributed by atoms with van der Waals surface area (Å²) in [5.41, 5.74) is 1.34. The zero-order valence-corrected chi connectivity index (χ0v) is 21.9. The number of carbonyl (C=O) groups excluding carboxylic acids is 2. The number of benzene rings is 2. The number of carbonyl (C=O) groups is 2. The number of amides is 1. The van der Waals surface area contributed by atoms with Crippen LogP contribution >= 0.6 is 11.3 Å². The van der Waals surface area contributed by atoms with Gasteiger partial charge in [0.2, 0.25) is 5.76 Å². The number of hydrogen-bond acceptors (Lipinski definition) is 8. The summed E-state index contributed by atoms with van der Waals surface area (Å²) in [4.78, 5) is 46.4. The second kappa shape index (κ2) is 10.6. The van der Waals surface area contributed by atoms with Crippen LogP contribution in [0.3, 0.4) is 0 Å². The zero-order valence-electron chi connectivity index (χ0n) is 21.1. The maximum atomic E-state index is 13.8. The predicted molar refractivity (Wildman–Crippen MR) is 145 cm³/mol. The van der Waals surface area contributed by atoms with Gasteiger partial charge in [-0.3, -0.25) is 14.5 Å². The molecule has 38 heavy (non-hydrogen) atoms. The molecule has 2 aromatic heterocycles. The predicted octanol–water partition coefficient (Wildman–Crippen LogP) is 5.83. The van der Waals surface area contributed by atoms with Crippen molar-refractivity contribution in [1.82, 2.24) is 4.98 Å². The molecule has 1 atom stereocenters. The van der Waals surface area contributed by atoms with Gasteiger partial charge in [-0.05, 0) is 43.2 Å². The molecule has 2 aromatic carbocycles. The Bertz CT molecular complexity index is 1600. The number of esters is 1. The minimum Gasteiger partial charge on any atom is -0.494 e. The minimum atomic E-state index is -0.823. The summed E-state index contributed by atoms with van der Waals surface area (Å²) < 4.78 is 17.1. The number of anilines is 1. The standard InChI is InChI=1S/C29H26N2O6S/c1-4-6-15-35-19-11-9-10-18(16-19)23-22-24(32)20-12-7-8-13-21(20)37-25(22)27(33)31(23)29-30-17(3)26(38-29)28(34)36-14-5-2/h5,7-13,16,23H,2,4,6,14-15H2,1,3H3/t23-/m1/s1. The molecule has 0 radical (unpaired) electrons. The fourth-order valence-corrected chi connectivity index (χ4v) is 5.40. The third kappa shape index (κ3) is 4.50. The van der Waals surface area contributed by atoms with Crippen molar-refractivity contribution in [2.24, 2.45) is 0 Å². The SMILES string of the molecule is C=CCOC(=O)c1sc(N2C(=O)c3oc4ccccc4c(=O)c3[C@H]2c2cccc(OCCCC)c2)nc1C. The van der Waals surface area contributed by atoms with Crippen molar-refractivity contribution < 1.29 is 23.5 Å². The van der Waals surface area contributed by atoms with Gasteiger partial charge in [0.25, 0.3) is 5.91 Å². The summed E-state index contributed by atoms with van der Waals surface area (Å²) in [5, 5.41) is 0.639. The van der Waals surface area contributed by atoms with E-state index in [2.05, 4.69) is 18.5 Å². The first-order chi connectivity index (χ1) is 18.4. The highest BCUT2D eigenvalue weighted by Gasteiger charge is 2.45. The molecule has 8 nitrogen and oxygen atoms in total. The van der Waals surface area contributed by atoms with Crippen LogP contribution < -0.4 is 15.1 Å². The van der Waals surface area contributed by atoms with Crippen LogP contribution in [-0.2, 0) is 4.74 Å². The summed E-state index contributed by atoms with van der Waals surface area (Å²) in [5.74, 6) is -0.478. The molecule has 0 saturated heterocycles. The largest absolute Gasteiger partial charge is 0.494 e. The summed E-state index contributed by atoms with van der Waals surface area (Å²) in [6, 6.07) is 13.3. The van der Waals surface area contributed by atoms with Crippen LogP contribution in [0.15, 0.2) is 70.4 Å². The molecule has 0 spiro atoms. The average Bonchev–Trinajstić information content (AvgIpc) is 3.45. The quantitative estimate of drug-likeness (QED) is 0.153. The Kier molecular flexibility index (Phi) is 7.11. The lowest BCUT2D eigenvalue weighted by atomic mass is 9.98. The number of unbranched alkanes of at least 4 members (excludes halogenated alkanes) is 1. The highest BCUT2D eigenvalue weighted by atomic mass is 32.1. The number of nitrogens with zero attached hydrogens (tertiary/aromatic N) is 2. The van der Waals surface area contributed by atoms with Gasteiger partial charge in [0.15, 0.2) is 10.6 Å². The second-order valence-electron chi connectivity index (χ2n) is 8.82. The van der Waals surface area contributed by atoms with E-state index in [1.165, 1.54) is 11.0 Å². The molecule has 4 aromatic rings. The Hall–Kier alpha value is -4.24. The molecule has 1 aliphatic rings. The van der Waals surface area contributed by atoms with E-state index < -0.39 is 17.9 Å². The van der Waals surface area contributed by atoms with Crippen LogP contribution in [0.5, 0.6) is 5.75 Å². The van der Waals surface area contributed by atoms with Gasteiger partial charge in [-0.2, -0.15) is 0 Å². The van der Waals surface area contributed by atoms with Crippen molar-refractivity contribution in [3.63, 3.8) is 0 Å². The van der Waals surface area contributed by atoms with Crippen LogP contribution in [0.1, 0.15) is 62.9 Å². The van der Waals surface area contributed by atoms with E-state index in [4.69, 9.17) is 13.9 Å². The van der Waals surface area contributed by atoms with Crippen molar-refractivity contribution in [3.8, 4) is 5.75 Å². The van der Waals surface area contributed by atoms with E-state index in [1.54, 1.807) is 31.2 Å². The Labute approximate surface area is 223 Å². The molecule has 0 saturated carbocycles. The molecule has 1 aliphatic heterocycles. The normalized spacial score (nSPS) is 14.5. The number of thiazole rings is 1.